The summed E-state index contributed by atoms with van der Waals surface area (Å²) in [7, 11) is 0. The van der Waals surface area contributed by atoms with Gasteiger partial charge in [-0.05, 0) is 56.4 Å². The molecule has 1 aromatic carbocycles. The second-order valence-corrected chi connectivity index (χ2v) is 7.88. The molecule has 0 spiro atoms. The minimum absolute atomic E-state index is 0.0461. The molecule has 3 rings (SSSR count). The van der Waals surface area contributed by atoms with Gasteiger partial charge in [0.25, 0.3) is 5.56 Å². The average Bonchev–Trinajstić information content (AvgIpc) is 2.78. The van der Waals surface area contributed by atoms with Crippen LogP contribution in [0.15, 0.2) is 29.1 Å². The highest BCUT2D eigenvalue weighted by molar-refractivity contribution is 7.80. The van der Waals surface area contributed by atoms with Crippen molar-refractivity contribution in [3.63, 3.8) is 0 Å². The summed E-state index contributed by atoms with van der Waals surface area (Å²) in [4.78, 5) is 19.7. The molecule has 1 fully saturated rings. The van der Waals surface area contributed by atoms with Crippen LogP contribution in [0.5, 0.6) is 5.75 Å². The lowest BCUT2D eigenvalue weighted by molar-refractivity contribution is 0.0376. The predicted molar refractivity (Wildman–Crippen MR) is 126 cm³/mol. The number of nitrogens with one attached hydrogen (secondary N) is 2. The number of hydrogen-bond donors (Lipinski definition) is 3. The maximum Gasteiger partial charge on any atom is 0.253 e. The first-order valence-corrected chi connectivity index (χ1v) is 11.2. The van der Waals surface area contributed by atoms with Crippen molar-refractivity contribution in [2.45, 2.75) is 19.9 Å². The fourth-order valence-electron chi connectivity index (χ4n) is 3.62. The van der Waals surface area contributed by atoms with E-state index in [4.69, 9.17) is 21.7 Å². The zero-order chi connectivity index (χ0) is 22.1. The number of morpholine rings is 1. The fraction of sp³-hybridized carbons (Fsp3) is 0.545. The van der Waals surface area contributed by atoms with Crippen LogP contribution in [0.25, 0.3) is 10.9 Å². The van der Waals surface area contributed by atoms with Crippen LogP contribution in [-0.4, -0.2) is 84.2 Å². The number of ether oxygens (including phenoxy) is 2. The summed E-state index contributed by atoms with van der Waals surface area (Å²) in [6.45, 7) is 8.40. The van der Waals surface area contributed by atoms with Gasteiger partial charge in [0.05, 0.1) is 33.0 Å². The predicted octanol–water partition coefficient (Wildman–Crippen LogP) is 1.32. The number of aromatic nitrogens is 1. The van der Waals surface area contributed by atoms with Crippen molar-refractivity contribution in [2.75, 3.05) is 59.2 Å². The number of H-pyrrole nitrogens is 1. The Balaban J connectivity index is 1.61. The molecule has 2 aromatic rings. The lowest BCUT2D eigenvalue weighted by atomic mass is 10.1. The van der Waals surface area contributed by atoms with E-state index in [1.807, 2.05) is 36.1 Å². The van der Waals surface area contributed by atoms with Crippen LogP contribution in [-0.2, 0) is 11.3 Å². The van der Waals surface area contributed by atoms with Gasteiger partial charge in [-0.3, -0.25) is 9.69 Å². The molecule has 1 aromatic heterocycles. The Labute approximate surface area is 188 Å². The normalized spacial score (nSPS) is 14.5. The van der Waals surface area contributed by atoms with E-state index in [1.165, 1.54) is 0 Å². The van der Waals surface area contributed by atoms with Crippen molar-refractivity contribution in [3.8, 4) is 5.75 Å². The van der Waals surface area contributed by atoms with Crippen molar-refractivity contribution in [2.24, 2.45) is 0 Å². The van der Waals surface area contributed by atoms with Gasteiger partial charge >= 0.3 is 0 Å². The highest BCUT2D eigenvalue weighted by Gasteiger charge is 2.14. The fourth-order valence-corrected chi connectivity index (χ4v) is 3.88. The summed E-state index contributed by atoms with van der Waals surface area (Å²) >= 11 is 5.54. The maximum absolute atomic E-state index is 12.6. The standard InChI is InChI=1S/C22H32N4O4S/c1-2-30-19-4-5-20-17(15-19)14-18(21(28)24-20)16-26(8-11-27)22(31)23-6-3-7-25-9-12-29-13-10-25/h4-5,14-15,27H,2-3,6-13,16H2,1H3,(H,23,31)(H,24,28). The smallest absolute Gasteiger partial charge is 0.253 e. The second-order valence-electron chi connectivity index (χ2n) is 7.49. The third kappa shape index (κ3) is 6.90. The quantitative estimate of drug-likeness (QED) is 0.370. The lowest BCUT2D eigenvalue weighted by Crippen LogP contribution is -2.43. The SMILES string of the molecule is CCOc1ccc2[nH]c(=O)c(CN(CCO)C(=S)NCCCN3CCOCC3)cc2c1. The van der Waals surface area contributed by atoms with Gasteiger partial charge in [-0.2, -0.15) is 0 Å². The molecule has 0 atom stereocenters. The lowest BCUT2D eigenvalue weighted by Gasteiger charge is -2.27. The topological polar surface area (TPSA) is 90.1 Å². The zero-order valence-corrected chi connectivity index (χ0v) is 18.9. The molecule has 0 bridgehead atoms. The largest absolute Gasteiger partial charge is 0.494 e. The van der Waals surface area contributed by atoms with Crippen LogP contribution in [0.2, 0.25) is 0 Å². The summed E-state index contributed by atoms with van der Waals surface area (Å²) in [5.74, 6) is 0.762. The summed E-state index contributed by atoms with van der Waals surface area (Å²) in [5, 5.41) is 14.2. The van der Waals surface area contributed by atoms with Crippen molar-refractivity contribution in [1.82, 2.24) is 20.1 Å². The number of aliphatic hydroxyl groups is 1. The molecule has 170 valence electrons. The van der Waals surface area contributed by atoms with Crippen LogP contribution in [0.1, 0.15) is 18.9 Å². The molecule has 0 amide bonds. The van der Waals surface area contributed by atoms with E-state index in [0.717, 1.165) is 62.5 Å². The van der Waals surface area contributed by atoms with Gasteiger partial charge in [0.1, 0.15) is 5.75 Å². The summed E-state index contributed by atoms with van der Waals surface area (Å²) in [6, 6.07) is 7.46. The molecule has 1 saturated heterocycles. The molecule has 1 aliphatic heterocycles. The monoisotopic (exact) mass is 448 g/mol. The number of hydrogen-bond acceptors (Lipinski definition) is 6. The highest BCUT2D eigenvalue weighted by atomic mass is 32.1. The van der Waals surface area contributed by atoms with Crippen molar-refractivity contribution in [3.05, 3.63) is 40.2 Å². The summed E-state index contributed by atoms with van der Waals surface area (Å²) in [5.41, 5.74) is 1.19. The number of fused-ring (bicyclic) bond motifs is 1. The molecular formula is C22H32N4O4S. The molecule has 1 aliphatic rings. The van der Waals surface area contributed by atoms with Crippen LogP contribution in [0.3, 0.4) is 0 Å². The third-order valence-electron chi connectivity index (χ3n) is 5.25. The molecular weight excluding hydrogens is 416 g/mol. The number of nitrogens with zero attached hydrogens (tertiary/aromatic N) is 2. The highest BCUT2D eigenvalue weighted by Crippen LogP contribution is 2.19. The Kier molecular flexibility index (Phi) is 9.08. The molecule has 3 N–H and O–H groups in total. The third-order valence-corrected chi connectivity index (χ3v) is 5.66. The molecule has 0 aliphatic carbocycles. The Morgan fingerprint density at radius 3 is 2.90 bits per heavy atom. The minimum atomic E-state index is -0.158. The molecule has 2 heterocycles. The molecule has 31 heavy (non-hydrogen) atoms. The molecule has 0 saturated carbocycles. The average molecular weight is 449 g/mol. The second kappa shape index (κ2) is 12.0. The first kappa shape index (κ1) is 23.5. The van der Waals surface area contributed by atoms with Gasteiger partial charge in [0.2, 0.25) is 0 Å². The van der Waals surface area contributed by atoms with Crippen molar-refractivity contribution < 1.29 is 14.6 Å². The molecule has 0 radical (unpaired) electrons. The van der Waals surface area contributed by atoms with Gasteiger partial charge in [-0.1, -0.05) is 0 Å². The van der Waals surface area contributed by atoms with E-state index in [2.05, 4.69) is 15.2 Å². The van der Waals surface area contributed by atoms with Gasteiger partial charge in [0.15, 0.2) is 5.11 Å². The van der Waals surface area contributed by atoms with E-state index < -0.39 is 0 Å². The Morgan fingerprint density at radius 2 is 2.16 bits per heavy atom. The molecule has 0 unspecified atom stereocenters. The van der Waals surface area contributed by atoms with E-state index in [0.29, 0.717) is 30.4 Å². The van der Waals surface area contributed by atoms with Gasteiger partial charge in [-0.15, -0.1) is 0 Å². The zero-order valence-electron chi connectivity index (χ0n) is 18.1. The van der Waals surface area contributed by atoms with E-state index in [9.17, 15) is 9.90 Å². The van der Waals surface area contributed by atoms with Crippen LogP contribution in [0.4, 0.5) is 0 Å². The van der Waals surface area contributed by atoms with E-state index >= 15 is 0 Å². The van der Waals surface area contributed by atoms with Crippen LogP contribution < -0.4 is 15.6 Å². The van der Waals surface area contributed by atoms with Crippen LogP contribution in [0, 0.1) is 0 Å². The Morgan fingerprint density at radius 1 is 1.35 bits per heavy atom. The van der Waals surface area contributed by atoms with Gasteiger partial charge in [0, 0.05) is 42.6 Å². The number of rotatable bonds is 10. The number of benzene rings is 1. The molecule has 8 nitrogen and oxygen atoms in total. The Hall–Kier alpha value is -2.20. The summed E-state index contributed by atoms with van der Waals surface area (Å²) in [6.07, 6.45) is 0.962. The van der Waals surface area contributed by atoms with Crippen molar-refractivity contribution >= 4 is 28.2 Å². The van der Waals surface area contributed by atoms with Crippen LogP contribution >= 0.6 is 12.2 Å². The molecule has 9 heteroatoms. The number of thiocarbonyl (C=S) groups is 1. The number of aliphatic hydroxyl groups excluding tert-OH is 1. The maximum atomic E-state index is 12.6. The van der Waals surface area contributed by atoms with Crippen molar-refractivity contribution in [1.29, 1.82) is 0 Å². The van der Waals surface area contributed by atoms with E-state index in [1.54, 1.807) is 0 Å². The number of aromatic amines is 1. The number of pyridine rings is 1. The minimum Gasteiger partial charge on any atom is -0.494 e. The Bertz CT molecular complexity index is 914. The van der Waals surface area contributed by atoms with Gasteiger partial charge < -0.3 is 29.8 Å². The summed E-state index contributed by atoms with van der Waals surface area (Å²) < 4.78 is 10.9. The first-order chi connectivity index (χ1) is 15.1. The van der Waals surface area contributed by atoms with E-state index in [-0.39, 0.29) is 12.2 Å². The first-order valence-electron chi connectivity index (χ1n) is 10.8. The van der Waals surface area contributed by atoms with Gasteiger partial charge in [-0.25, -0.2) is 0 Å².